The Morgan fingerprint density at radius 3 is 2.44 bits per heavy atom. The molecule has 0 aliphatic heterocycles. The average molecular weight is 248 g/mol. The highest BCUT2D eigenvalue weighted by atomic mass is 19.3. The summed E-state index contributed by atoms with van der Waals surface area (Å²) in [6, 6.07) is 11.7. The van der Waals surface area contributed by atoms with E-state index < -0.39 is 6.43 Å². The quantitative estimate of drug-likeness (QED) is 0.796. The van der Waals surface area contributed by atoms with Gasteiger partial charge in [0.1, 0.15) is 0 Å². The molecule has 94 valence electrons. The number of nitrogens with two attached hydrogens (primary N) is 1. The van der Waals surface area contributed by atoms with Gasteiger partial charge in [-0.15, -0.1) is 0 Å². The van der Waals surface area contributed by atoms with Crippen LogP contribution in [-0.2, 0) is 0 Å². The Hall–Kier alpha value is -2.10. The molecule has 2 nitrogen and oxygen atoms in total. The molecule has 0 spiro atoms. The summed E-state index contributed by atoms with van der Waals surface area (Å²) in [4.78, 5) is 0. The zero-order valence-electron chi connectivity index (χ0n) is 9.95. The maximum Gasteiger partial charge on any atom is 0.263 e. The summed E-state index contributed by atoms with van der Waals surface area (Å²) < 4.78 is 25.1. The Morgan fingerprint density at radius 1 is 1.06 bits per heavy atom. The second kappa shape index (κ2) is 5.04. The summed E-state index contributed by atoms with van der Waals surface area (Å²) in [5.74, 6) is 0. The molecular weight excluding hydrogens is 234 g/mol. The minimum Gasteiger partial charge on any atom is -0.398 e. The average Bonchev–Trinajstić information content (AvgIpc) is 2.34. The van der Waals surface area contributed by atoms with Crippen LogP contribution in [0.25, 0.3) is 0 Å². The van der Waals surface area contributed by atoms with E-state index in [9.17, 15) is 8.78 Å². The van der Waals surface area contributed by atoms with Crippen LogP contribution in [0.2, 0.25) is 0 Å². The van der Waals surface area contributed by atoms with E-state index in [1.54, 1.807) is 18.2 Å². The molecular formula is C14H14F2N2. The maximum absolute atomic E-state index is 12.6. The second-order valence-corrected chi connectivity index (χ2v) is 4.12. The van der Waals surface area contributed by atoms with Crippen molar-refractivity contribution in [3.8, 4) is 0 Å². The predicted molar refractivity (Wildman–Crippen MR) is 70.3 cm³/mol. The summed E-state index contributed by atoms with van der Waals surface area (Å²) in [7, 11) is 0. The topological polar surface area (TPSA) is 38.0 Å². The van der Waals surface area contributed by atoms with Crippen LogP contribution in [0, 0.1) is 6.92 Å². The minimum absolute atomic E-state index is 0.0000774. The van der Waals surface area contributed by atoms with Crippen LogP contribution < -0.4 is 11.1 Å². The van der Waals surface area contributed by atoms with Gasteiger partial charge in [0.25, 0.3) is 6.43 Å². The number of aryl methyl sites for hydroxylation is 1. The predicted octanol–water partition coefficient (Wildman–Crippen LogP) is 4.26. The lowest BCUT2D eigenvalue weighted by Gasteiger charge is -2.10. The van der Waals surface area contributed by atoms with Crippen LogP contribution in [0.4, 0.5) is 25.8 Å². The van der Waals surface area contributed by atoms with E-state index in [-0.39, 0.29) is 5.56 Å². The molecule has 2 aromatic rings. The van der Waals surface area contributed by atoms with Crippen LogP contribution >= 0.6 is 0 Å². The van der Waals surface area contributed by atoms with E-state index in [1.807, 2.05) is 19.1 Å². The highest BCUT2D eigenvalue weighted by Gasteiger charge is 2.07. The maximum atomic E-state index is 12.6. The Labute approximate surface area is 104 Å². The third-order valence-electron chi connectivity index (χ3n) is 2.71. The van der Waals surface area contributed by atoms with E-state index in [0.29, 0.717) is 11.4 Å². The van der Waals surface area contributed by atoms with Crippen LogP contribution in [0.3, 0.4) is 0 Å². The van der Waals surface area contributed by atoms with E-state index in [0.717, 1.165) is 11.3 Å². The fourth-order valence-corrected chi connectivity index (χ4v) is 1.64. The summed E-state index contributed by atoms with van der Waals surface area (Å²) in [6.45, 7) is 1.91. The first-order chi connectivity index (χ1) is 8.56. The number of hydrogen-bond donors (Lipinski definition) is 2. The van der Waals surface area contributed by atoms with Gasteiger partial charge >= 0.3 is 0 Å². The van der Waals surface area contributed by atoms with E-state index in [1.165, 1.54) is 12.1 Å². The van der Waals surface area contributed by atoms with Gasteiger partial charge in [-0.05, 0) is 36.8 Å². The van der Waals surface area contributed by atoms with E-state index in [2.05, 4.69) is 5.32 Å². The van der Waals surface area contributed by atoms with Gasteiger partial charge in [0.05, 0.1) is 0 Å². The van der Waals surface area contributed by atoms with Crippen LogP contribution in [0.5, 0.6) is 0 Å². The van der Waals surface area contributed by atoms with E-state index >= 15 is 0 Å². The van der Waals surface area contributed by atoms with Gasteiger partial charge in [-0.3, -0.25) is 0 Å². The van der Waals surface area contributed by atoms with Crippen LogP contribution in [0.15, 0.2) is 42.5 Å². The molecule has 0 radical (unpaired) electrons. The molecule has 0 saturated heterocycles. The van der Waals surface area contributed by atoms with Crippen molar-refractivity contribution in [2.45, 2.75) is 13.3 Å². The molecule has 0 heterocycles. The van der Waals surface area contributed by atoms with Crippen LogP contribution in [-0.4, -0.2) is 0 Å². The van der Waals surface area contributed by atoms with Crippen molar-refractivity contribution in [3.63, 3.8) is 0 Å². The van der Waals surface area contributed by atoms with Crippen molar-refractivity contribution in [3.05, 3.63) is 53.6 Å². The number of halogens is 2. The third-order valence-corrected chi connectivity index (χ3v) is 2.71. The Kier molecular flexibility index (Phi) is 3.46. The molecule has 0 amide bonds. The monoisotopic (exact) mass is 248 g/mol. The Balaban J connectivity index is 2.23. The van der Waals surface area contributed by atoms with Crippen molar-refractivity contribution in [2.24, 2.45) is 0 Å². The van der Waals surface area contributed by atoms with Gasteiger partial charge in [-0.2, -0.15) is 0 Å². The van der Waals surface area contributed by atoms with Crippen molar-refractivity contribution in [1.29, 1.82) is 0 Å². The fourth-order valence-electron chi connectivity index (χ4n) is 1.64. The lowest BCUT2D eigenvalue weighted by Crippen LogP contribution is -1.95. The molecule has 0 fully saturated rings. The first-order valence-electron chi connectivity index (χ1n) is 5.57. The number of nitrogens with one attached hydrogen (secondary N) is 1. The SMILES string of the molecule is Cc1ccc(Nc2cccc(C(F)F)c2)cc1N. The highest BCUT2D eigenvalue weighted by Crippen LogP contribution is 2.25. The standard InChI is InChI=1S/C14H14F2N2/c1-9-5-6-12(8-13(9)17)18-11-4-2-3-10(7-11)14(15)16/h2-8,14,18H,17H2,1H3. The number of alkyl halides is 2. The first kappa shape index (κ1) is 12.4. The molecule has 18 heavy (non-hydrogen) atoms. The zero-order chi connectivity index (χ0) is 13.1. The smallest absolute Gasteiger partial charge is 0.263 e. The summed E-state index contributed by atoms with van der Waals surface area (Å²) in [5, 5.41) is 3.05. The first-order valence-corrected chi connectivity index (χ1v) is 5.57. The minimum atomic E-state index is -2.46. The van der Waals surface area contributed by atoms with Crippen molar-refractivity contribution in [1.82, 2.24) is 0 Å². The van der Waals surface area contributed by atoms with Gasteiger partial charge in [0, 0.05) is 22.6 Å². The second-order valence-electron chi connectivity index (χ2n) is 4.12. The van der Waals surface area contributed by atoms with Crippen molar-refractivity contribution in [2.75, 3.05) is 11.1 Å². The number of nitrogen functional groups attached to an aromatic ring is 1. The van der Waals surface area contributed by atoms with Gasteiger partial charge in [0.2, 0.25) is 0 Å². The number of benzene rings is 2. The zero-order valence-corrected chi connectivity index (χ0v) is 9.95. The largest absolute Gasteiger partial charge is 0.398 e. The lowest BCUT2D eigenvalue weighted by atomic mass is 10.1. The van der Waals surface area contributed by atoms with Gasteiger partial charge < -0.3 is 11.1 Å². The highest BCUT2D eigenvalue weighted by molar-refractivity contribution is 5.65. The molecule has 0 unspecified atom stereocenters. The normalized spacial score (nSPS) is 10.7. The fraction of sp³-hybridized carbons (Fsp3) is 0.143. The molecule has 0 saturated carbocycles. The number of hydrogen-bond acceptors (Lipinski definition) is 2. The van der Waals surface area contributed by atoms with Gasteiger partial charge in [0.15, 0.2) is 0 Å². The molecule has 0 aliphatic carbocycles. The molecule has 4 heteroatoms. The van der Waals surface area contributed by atoms with Gasteiger partial charge in [-0.25, -0.2) is 8.78 Å². The van der Waals surface area contributed by atoms with Crippen molar-refractivity contribution >= 4 is 17.1 Å². The third kappa shape index (κ3) is 2.77. The molecule has 2 rings (SSSR count). The Morgan fingerprint density at radius 2 is 1.78 bits per heavy atom. The van der Waals surface area contributed by atoms with Gasteiger partial charge in [-0.1, -0.05) is 18.2 Å². The van der Waals surface area contributed by atoms with Crippen LogP contribution in [0.1, 0.15) is 17.6 Å². The summed E-state index contributed by atoms with van der Waals surface area (Å²) >= 11 is 0. The lowest BCUT2D eigenvalue weighted by molar-refractivity contribution is 0.151. The molecule has 0 bridgehead atoms. The molecule has 2 aromatic carbocycles. The summed E-state index contributed by atoms with van der Waals surface area (Å²) in [6.07, 6.45) is -2.46. The molecule has 0 atom stereocenters. The van der Waals surface area contributed by atoms with E-state index in [4.69, 9.17) is 5.73 Å². The van der Waals surface area contributed by atoms with Crippen molar-refractivity contribution < 1.29 is 8.78 Å². The Bertz CT molecular complexity index is 553. The molecule has 3 N–H and O–H groups in total. The summed E-state index contributed by atoms with van der Waals surface area (Å²) in [5.41, 5.74) is 8.85. The number of rotatable bonds is 3. The molecule has 0 aliphatic rings. The number of anilines is 3. The molecule has 0 aromatic heterocycles.